The molecule has 1 fully saturated rings. The van der Waals surface area contributed by atoms with Gasteiger partial charge in [0.25, 0.3) is 0 Å². The Morgan fingerprint density at radius 2 is 0.857 bits per heavy atom. The van der Waals surface area contributed by atoms with Gasteiger partial charge < -0.3 is 19.6 Å². The third-order valence-corrected chi connectivity index (χ3v) is 5.30. The van der Waals surface area contributed by atoms with E-state index in [1.165, 1.54) is 65.2 Å². The van der Waals surface area contributed by atoms with Gasteiger partial charge in [-0.25, -0.2) is 0 Å². The van der Waals surface area contributed by atoms with E-state index in [2.05, 4.69) is 61.6 Å². The standard InChI is InChI=1S/C17H38N4/c1-7-17(8-2)15-20(5)13-11-18(3)9-10-19(4)12-14-21(6)16-17/h7-16H2,1-6H3. The summed E-state index contributed by atoms with van der Waals surface area (Å²) in [4.78, 5) is 10.0. The molecule has 0 aromatic heterocycles. The first-order valence-corrected chi connectivity index (χ1v) is 8.65. The highest BCUT2D eigenvalue weighted by Gasteiger charge is 2.29. The van der Waals surface area contributed by atoms with Crippen LogP contribution in [0.3, 0.4) is 0 Å². The molecule has 0 aliphatic carbocycles. The second-order valence-electron chi connectivity index (χ2n) is 7.29. The number of hydrogen-bond donors (Lipinski definition) is 0. The highest BCUT2D eigenvalue weighted by molar-refractivity contribution is 4.83. The molecule has 0 spiro atoms. The van der Waals surface area contributed by atoms with E-state index in [0.29, 0.717) is 5.41 Å². The van der Waals surface area contributed by atoms with Crippen molar-refractivity contribution in [3.63, 3.8) is 0 Å². The Kier molecular flexibility index (Phi) is 8.17. The molecule has 21 heavy (non-hydrogen) atoms. The van der Waals surface area contributed by atoms with Crippen LogP contribution in [-0.4, -0.2) is 100 Å². The molecule has 1 aliphatic rings. The predicted molar refractivity (Wildman–Crippen MR) is 93.0 cm³/mol. The highest BCUT2D eigenvalue weighted by atomic mass is 15.2. The predicted octanol–water partition coefficient (Wildman–Crippen LogP) is 1.53. The van der Waals surface area contributed by atoms with Gasteiger partial charge in [-0.15, -0.1) is 0 Å². The summed E-state index contributed by atoms with van der Waals surface area (Å²) >= 11 is 0. The fourth-order valence-corrected chi connectivity index (χ4v) is 3.30. The van der Waals surface area contributed by atoms with Gasteiger partial charge in [0, 0.05) is 52.4 Å². The average molecular weight is 299 g/mol. The lowest BCUT2D eigenvalue weighted by atomic mass is 9.81. The van der Waals surface area contributed by atoms with Gasteiger partial charge in [-0.05, 0) is 46.4 Å². The van der Waals surface area contributed by atoms with Crippen molar-refractivity contribution >= 4 is 0 Å². The number of likely N-dealkylation sites (N-methyl/N-ethyl adjacent to an activating group) is 4. The minimum Gasteiger partial charge on any atom is -0.304 e. The summed E-state index contributed by atoms with van der Waals surface area (Å²) in [5.41, 5.74) is 0.439. The van der Waals surface area contributed by atoms with Gasteiger partial charge in [-0.1, -0.05) is 13.8 Å². The quantitative estimate of drug-likeness (QED) is 0.766. The fraction of sp³-hybridized carbons (Fsp3) is 1.00. The van der Waals surface area contributed by atoms with Crippen LogP contribution in [0.25, 0.3) is 0 Å². The molecule has 0 aromatic rings. The summed E-state index contributed by atoms with van der Waals surface area (Å²) in [6, 6.07) is 0. The van der Waals surface area contributed by atoms with Crippen molar-refractivity contribution in [2.45, 2.75) is 26.7 Å². The fourth-order valence-electron chi connectivity index (χ4n) is 3.30. The van der Waals surface area contributed by atoms with Gasteiger partial charge in [0.2, 0.25) is 0 Å². The number of hydrogen-bond acceptors (Lipinski definition) is 4. The van der Waals surface area contributed by atoms with Gasteiger partial charge in [-0.3, -0.25) is 0 Å². The Morgan fingerprint density at radius 3 is 1.14 bits per heavy atom. The molecular formula is C17H38N4. The van der Waals surface area contributed by atoms with Gasteiger partial charge in [0.15, 0.2) is 0 Å². The summed E-state index contributed by atoms with van der Waals surface area (Å²) in [7, 11) is 9.08. The summed E-state index contributed by atoms with van der Waals surface area (Å²) in [6.45, 7) is 14.2. The Labute approximate surface area is 133 Å². The molecule has 0 aromatic carbocycles. The lowest BCUT2D eigenvalue weighted by molar-refractivity contribution is 0.103. The molecule has 1 heterocycles. The Hall–Kier alpha value is -0.160. The molecule has 126 valence electrons. The zero-order chi connectivity index (χ0) is 15.9. The monoisotopic (exact) mass is 298 g/mol. The van der Waals surface area contributed by atoms with Crippen molar-refractivity contribution in [2.75, 3.05) is 80.5 Å². The van der Waals surface area contributed by atoms with Crippen LogP contribution in [0.5, 0.6) is 0 Å². The van der Waals surface area contributed by atoms with E-state index < -0.39 is 0 Å². The van der Waals surface area contributed by atoms with Crippen molar-refractivity contribution < 1.29 is 0 Å². The Bertz CT molecular complexity index is 254. The van der Waals surface area contributed by atoms with Gasteiger partial charge in [0.05, 0.1) is 0 Å². The summed E-state index contributed by atoms with van der Waals surface area (Å²) in [5, 5.41) is 0. The van der Waals surface area contributed by atoms with E-state index in [4.69, 9.17) is 0 Å². The average Bonchev–Trinajstić information content (AvgIpc) is 2.47. The van der Waals surface area contributed by atoms with Crippen LogP contribution in [0.4, 0.5) is 0 Å². The number of nitrogens with zero attached hydrogens (tertiary/aromatic N) is 4. The first kappa shape index (κ1) is 18.9. The van der Waals surface area contributed by atoms with Gasteiger partial charge >= 0.3 is 0 Å². The van der Waals surface area contributed by atoms with Crippen molar-refractivity contribution in [2.24, 2.45) is 5.41 Å². The maximum atomic E-state index is 2.54. The second-order valence-corrected chi connectivity index (χ2v) is 7.29. The Balaban J connectivity index is 2.76. The third-order valence-electron chi connectivity index (χ3n) is 5.30. The van der Waals surface area contributed by atoms with E-state index in [0.717, 1.165) is 0 Å². The molecular weight excluding hydrogens is 260 g/mol. The lowest BCUT2D eigenvalue weighted by Crippen LogP contribution is -2.45. The second kappa shape index (κ2) is 9.09. The third kappa shape index (κ3) is 6.64. The summed E-state index contributed by atoms with van der Waals surface area (Å²) in [5.74, 6) is 0. The zero-order valence-electron chi connectivity index (χ0n) is 15.4. The first-order valence-electron chi connectivity index (χ1n) is 8.65. The van der Waals surface area contributed by atoms with E-state index in [9.17, 15) is 0 Å². The number of rotatable bonds is 2. The Morgan fingerprint density at radius 1 is 0.571 bits per heavy atom. The van der Waals surface area contributed by atoms with E-state index >= 15 is 0 Å². The van der Waals surface area contributed by atoms with Crippen LogP contribution in [0, 0.1) is 5.41 Å². The summed E-state index contributed by atoms with van der Waals surface area (Å²) in [6.07, 6.45) is 2.54. The van der Waals surface area contributed by atoms with Crippen LogP contribution in [0.1, 0.15) is 26.7 Å². The lowest BCUT2D eigenvalue weighted by Gasteiger charge is -2.39. The highest BCUT2D eigenvalue weighted by Crippen LogP contribution is 2.28. The summed E-state index contributed by atoms with van der Waals surface area (Å²) < 4.78 is 0. The van der Waals surface area contributed by atoms with Crippen LogP contribution in [0.2, 0.25) is 0 Å². The molecule has 0 atom stereocenters. The minimum absolute atomic E-state index is 0.439. The SMILES string of the molecule is CCC1(CC)CN(C)CCN(C)CCN(C)CCN(C)C1. The molecule has 1 saturated heterocycles. The van der Waals surface area contributed by atoms with Crippen molar-refractivity contribution in [3.05, 3.63) is 0 Å². The molecule has 0 unspecified atom stereocenters. The van der Waals surface area contributed by atoms with Crippen molar-refractivity contribution in [1.29, 1.82) is 0 Å². The minimum atomic E-state index is 0.439. The van der Waals surface area contributed by atoms with Crippen molar-refractivity contribution in [1.82, 2.24) is 19.6 Å². The van der Waals surface area contributed by atoms with E-state index in [1.807, 2.05) is 0 Å². The van der Waals surface area contributed by atoms with Gasteiger partial charge in [-0.2, -0.15) is 0 Å². The smallest absolute Gasteiger partial charge is 0.0107 e. The van der Waals surface area contributed by atoms with Crippen LogP contribution < -0.4 is 0 Å². The van der Waals surface area contributed by atoms with E-state index in [1.54, 1.807) is 0 Å². The molecule has 4 heteroatoms. The molecule has 0 amide bonds. The molecule has 0 bridgehead atoms. The van der Waals surface area contributed by atoms with Crippen LogP contribution >= 0.6 is 0 Å². The maximum Gasteiger partial charge on any atom is 0.0107 e. The van der Waals surface area contributed by atoms with Crippen molar-refractivity contribution in [3.8, 4) is 0 Å². The zero-order valence-corrected chi connectivity index (χ0v) is 15.4. The molecule has 0 radical (unpaired) electrons. The maximum absolute atomic E-state index is 2.54. The van der Waals surface area contributed by atoms with Crippen LogP contribution in [0.15, 0.2) is 0 Å². The molecule has 1 rings (SSSR count). The largest absolute Gasteiger partial charge is 0.304 e. The van der Waals surface area contributed by atoms with Crippen LogP contribution in [-0.2, 0) is 0 Å². The first-order chi connectivity index (χ1) is 9.90. The van der Waals surface area contributed by atoms with Gasteiger partial charge in [0.1, 0.15) is 0 Å². The topological polar surface area (TPSA) is 13.0 Å². The molecule has 4 nitrogen and oxygen atoms in total. The molecule has 0 N–H and O–H groups in total. The van der Waals surface area contributed by atoms with E-state index in [-0.39, 0.29) is 0 Å². The molecule has 1 aliphatic heterocycles. The molecule has 0 saturated carbocycles. The normalized spacial score (nSPS) is 26.0.